The zero-order valence-corrected chi connectivity index (χ0v) is 16.8. The van der Waals surface area contributed by atoms with E-state index in [1.807, 2.05) is 17.5 Å². The van der Waals surface area contributed by atoms with Crippen molar-refractivity contribution in [3.63, 3.8) is 0 Å². The first kappa shape index (κ1) is 19.0. The molecule has 0 radical (unpaired) electrons. The molecule has 0 aliphatic heterocycles. The molecule has 3 aromatic heterocycles. The Morgan fingerprint density at radius 2 is 2.10 bits per heavy atom. The normalized spacial score (nSPS) is 10.9. The Kier molecular flexibility index (Phi) is 4.95. The van der Waals surface area contributed by atoms with Crippen molar-refractivity contribution in [2.75, 3.05) is 12.3 Å². The van der Waals surface area contributed by atoms with Gasteiger partial charge >= 0.3 is 5.97 Å². The summed E-state index contributed by atoms with van der Waals surface area (Å²) >= 11 is 2.59. The van der Waals surface area contributed by atoms with Crippen LogP contribution in [-0.4, -0.2) is 27.5 Å². The minimum atomic E-state index is -0.532. The van der Waals surface area contributed by atoms with Gasteiger partial charge in [0.05, 0.1) is 33.2 Å². The number of hydrogen-bond donors (Lipinski definition) is 1. The molecule has 0 fully saturated rings. The lowest BCUT2D eigenvalue weighted by atomic mass is 10.1. The van der Waals surface area contributed by atoms with Crippen LogP contribution in [0.4, 0.5) is 11.4 Å². The van der Waals surface area contributed by atoms with Gasteiger partial charge in [-0.1, -0.05) is 18.2 Å². The van der Waals surface area contributed by atoms with Gasteiger partial charge in [0.2, 0.25) is 0 Å². The van der Waals surface area contributed by atoms with Gasteiger partial charge in [0.1, 0.15) is 9.71 Å². The van der Waals surface area contributed by atoms with E-state index < -0.39 is 10.9 Å². The van der Waals surface area contributed by atoms with E-state index in [-0.39, 0.29) is 22.9 Å². The second kappa shape index (κ2) is 7.57. The molecule has 0 bridgehead atoms. The number of carbonyl (C=O) groups is 1. The molecule has 0 aliphatic carbocycles. The van der Waals surface area contributed by atoms with Crippen LogP contribution in [0, 0.1) is 10.1 Å². The Morgan fingerprint density at radius 1 is 1.28 bits per heavy atom. The zero-order valence-electron chi connectivity index (χ0n) is 15.1. The van der Waals surface area contributed by atoms with Crippen LogP contribution in [0.1, 0.15) is 16.6 Å². The SMILES string of the molecule is CCOC(=O)c1sc2nc(-c3cccs3)nc(-c3cccc([N+](=O)[O-])c3)c2c1N. The van der Waals surface area contributed by atoms with Crippen molar-refractivity contribution < 1.29 is 14.5 Å². The van der Waals surface area contributed by atoms with Crippen LogP contribution >= 0.6 is 22.7 Å². The number of nitrogen functional groups attached to an aromatic ring is 1. The molecular formula is C19H14N4O4S2. The van der Waals surface area contributed by atoms with E-state index in [9.17, 15) is 14.9 Å². The van der Waals surface area contributed by atoms with Gasteiger partial charge in [-0.3, -0.25) is 10.1 Å². The highest BCUT2D eigenvalue weighted by Crippen LogP contribution is 2.40. The molecular weight excluding hydrogens is 412 g/mol. The number of nitro benzene ring substituents is 1. The summed E-state index contributed by atoms with van der Waals surface area (Å²) in [6, 6.07) is 9.90. The minimum absolute atomic E-state index is 0.0636. The number of nitrogens with zero attached hydrogens (tertiary/aromatic N) is 3. The van der Waals surface area contributed by atoms with Crippen LogP contribution in [-0.2, 0) is 4.74 Å². The maximum atomic E-state index is 12.3. The highest BCUT2D eigenvalue weighted by atomic mass is 32.1. The summed E-state index contributed by atoms with van der Waals surface area (Å²) < 4.78 is 5.09. The third kappa shape index (κ3) is 3.43. The van der Waals surface area contributed by atoms with Crippen LogP contribution in [0.3, 0.4) is 0 Å². The maximum absolute atomic E-state index is 12.3. The first-order valence-electron chi connectivity index (χ1n) is 8.55. The van der Waals surface area contributed by atoms with Crippen LogP contribution in [0.25, 0.3) is 32.2 Å². The van der Waals surface area contributed by atoms with E-state index in [0.717, 1.165) is 16.2 Å². The number of carbonyl (C=O) groups excluding carboxylic acids is 1. The Hall–Kier alpha value is -3.37. The number of anilines is 1. The van der Waals surface area contributed by atoms with Crippen molar-refractivity contribution in [1.29, 1.82) is 0 Å². The van der Waals surface area contributed by atoms with Crippen molar-refractivity contribution in [3.8, 4) is 22.0 Å². The van der Waals surface area contributed by atoms with Gasteiger partial charge in [0.15, 0.2) is 5.82 Å². The lowest BCUT2D eigenvalue weighted by Gasteiger charge is -2.07. The van der Waals surface area contributed by atoms with Gasteiger partial charge in [0, 0.05) is 17.7 Å². The third-order valence-corrected chi connectivity index (χ3v) is 6.07. The molecule has 0 unspecified atom stereocenters. The molecule has 1 aromatic carbocycles. The average molecular weight is 426 g/mol. The number of aromatic nitrogens is 2. The molecule has 8 nitrogen and oxygen atoms in total. The largest absolute Gasteiger partial charge is 0.462 e. The number of nitro groups is 1. The smallest absolute Gasteiger partial charge is 0.350 e. The number of rotatable bonds is 5. The molecule has 10 heteroatoms. The number of ether oxygens (including phenoxy) is 1. The molecule has 0 saturated heterocycles. The van der Waals surface area contributed by atoms with Crippen LogP contribution in [0.15, 0.2) is 41.8 Å². The fourth-order valence-electron chi connectivity index (χ4n) is 2.86. The summed E-state index contributed by atoms with van der Waals surface area (Å²) in [5.41, 5.74) is 7.37. The molecule has 146 valence electrons. The molecule has 0 spiro atoms. The Morgan fingerprint density at radius 3 is 2.79 bits per heavy atom. The zero-order chi connectivity index (χ0) is 20.5. The number of thiophene rings is 2. The van der Waals surface area contributed by atoms with Gasteiger partial charge in [-0.25, -0.2) is 14.8 Å². The molecule has 4 aromatic rings. The van der Waals surface area contributed by atoms with Crippen molar-refractivity contribution in [1.82, 2.24) is 9.97 Å². The van der Waals surface area contributed by atoms with Crippen molar-refractivity contribution in [3.05, 3.63) is 56.8 Å². The molecule has 0 saturated carbocycles. The van der Waals surface area contributed by atoms with Crippen molar-refractivity contribution in [2.24, 2.45) is 0 Å². The fourth-order valence-corrected chi connectivity index (χ4v) is 4.51. The number of fused-ring (bicyclic) bond motifs is 1. The predicted octanol–water partition coefficient (Wildman–Crippen LogP) is 4.75. The number of nitrogens with two attached hydrogens (primary N) is 1. The number of benzene rings is 1. The second-order valence-corrected chi connectivity index (χ2v) is 7.87. The average Bonchev–Trinajstić information content (AvgIpc) is 3.36. The van der Waals surface area contributed by atoms with E-state index in [1.165, 1.54) is 23.5 Å². The first-order chi connectivity index (χ1) is 14.0. The molecule has 29 heavy (non-hydrogen) atoms. The van der Waals surface area contributed by atoms with Crippen LogP contribution < -0.4 is 5.73 Å². The molecule has 0 atom stereocenters. The van der Waals surface area contributed by atoms with E-state index in [2.05, 4.69) is 9.97 Å². The van der Waals surface area contributed by atoms with Crippen LogP contribution in [0.5, 0.6) is 0 Å². The molecule has 4 rings (SSSR count). The fraction of sp³-hybridized carbons (Fsp3) is 0.105. The summed E-state index contributed by atoms with van der Waals surface area (Å²) in [5.74, 6) is -0.0682. The van der Waals surface area contributed by atoms with Crippen molar-refractivity contribution in [2.45, 2.75) is 6.92 Å². The van der Waals surface area contributed by atoms with E-state index in [1.54, 1.807) is 19.1 Å². The topological polar surface area (TPSA) is 121 Å². The summed E-state index contributed by atoms with van der Waals surface area (Å²) in [4.78, 5) is 33.9. The molecule has 0 amide bonds. The molecule has 0 aliphatic rings. The summed E-state index contributed by atoms with van der Waals surface area (Å²) in [6.07, 6.45) is 0. The lowest BCUT2D eigenvalue weighted by molar-refractivity contribution is -0.384. The first-order valence-corrected chi connectivity index (χ1v) is 10.2. The molecule has 3 heterocycles. The lowest BCUT2D eigenvalue weighted by Crippen LogP contribution is -2.05. The van der Waals surface area contributed by atoms with Gasteiger partial charge in [-0.15, -0.1) is 22.7 Å². The van der Waals surface area contributed by atoms with E-state index in [0.29, 0.717) is 27.3 Å². The van der Waals surface area contributed by atoms with Crippen molar-refractivity contribution >= 4 is 50.2 Å². The Balaban J connectivity index is 2.01. The van der Waals surface area contributed by atoms with Gasteiger partial charge < -0.3 is 10.5 Å². The number of non-ortho nitro benzene ring substituents is 1. The van der Waals surface area contributed by atoms with Gasteiger partial charge in [0.25, 0.3) is 5.69 Å². The van der Waals surface area contributed by atoms with Gasteiger partial charge in [-0.2, -0.15) is 0 Å². The quantitative estimate of drug-likeness (QED) is 0.277. The summed E-state index contributed by atoms with van der Waals surface area (Å²) in [6.45, 7) is 1.93. The summed E-state index contributed by atoms with van der Waals surface area (Å²) in [5, 5.41) is 13.6. The third-order valence-electron chi connectivity index (χ3n) is 4.12. The van der Waals surface area contributed by atoms with E-state index >= 15 is 0 Å². The number of hydrogen-bond acceptors (Lipinski definition) is 9. The molecule has 2 N–H and O–H groups in total. The van der Waals surface area contributed by atoms with Gasteiger partial charge in [-0.05, 0) is 18.4 Å². The standard InChI is InChI=1S/C19H14N4O4S2/c1-2-27-19(24)16-14(20)13-15(10-5-3-6-11(9-10)23(25)26)21-17(22-18(13)29-16)12-7-4-8-28-12/h3-9H,2,20H2,1H3. The Labute approximate surface area is 172 Å². The number of esters is 1. The van der Waals surface area contributed by atoms with E-state index in [4.69, 9.17) is 10.5 Å². The second-order valence-electron chi connectivity index (χ2n) is 5.93. The minimum Gasteiger partial charge on any atom is -0.462 e. The summed E-state index contributed by atoms with van der Waals surface area (Å²) in [7, 11) is 0. The van der Waals surface area contributed by atoms with Crippen LogP contribution in [0.2, 0.25) is 0 Å². The highest BCUT2D eigenvalue weighted by molar-refractivity contribution is 7.21. The maximum Gasteiger partial charge on any atom is 0.350 e. The Bertz CT molecular complexity index is 1230. The monoisotopic (exact) mass is 426 g/mol. The predicted molar refractivity (Wildman–Crippen MR) is 113 cm³/mol. The highest BCUT2D eigenvalue weighted by Gasteiger charge is 2.24.